The Bertz CT molecular complexity index is 552. The molecule has 0 unspecified atom stereocenters. The van der Waals surface area contributed by atoms with Gasteiger partial charge in [0.25, 0.3) is 0 Å². The van der Waals surface area contributed by atoms with E-state index in [4.69, 9.17) is 4.74 Å². The van der Waals surface area contributed by atoms with Crippen molar-refractivity contribution in [1.29, 1.82) is 0 Å². The average Bonchev–Trinajstić information content (AvgIpc) is 2.52. The van der Waals surface area contributed by atoms with Crippen molar-refractivity contribution in [3.63, 3.8) is 0 Å². The zero-order chi connectivity index (χ0) is 17.1. The van der Waals surface area contributed by atoms with Crippen molar-refractivity contribution in [3.8, 4) is 0 Å². The number of piperidine rings is 1. The van der Waals surface area contributed by atoms with Gasteiger partial charge in [-0.3, -0.25) is 4.79 Å². The van der Waals surface area contributed by atoms with E-state index in [9.17, 15) is 23.1 Å². The Morgan fingerprint density at radius 2 is 2.00 bits per heavy atom. The molecule has 0 aromatic heterocycles. The van der Waals surface area contributed by atoms with E-state index < -0.39 is 17.3 Å². The van der Waals surface area contributed by atoms with E-state index in [0.717, 1.165) is 12.1 Å². The number of nitrogens with zero attached hydrogens (tertiary/aromatic N) is 1. The van der Waals surface area contributed by atoms with Crippen LogP contribution in [0.2, 0.25) is 0 Å². The smallest absolute Gasteiger partial charge is 0.385 e. The highest BCUT2D eigenvalue weighted by atomic mass is 19.4. The van der Waals surface area contributed by atoms with Gasteiger partial charge in [0, 0.05) is 20.2 Å². The molecule has 0 bridgehead atoms. The number of alkyl halides is 3. The predicted octanol–water partition coefficient (Wildman–Crippen LogP) is 2.55. The average molecular weight is 331 g/mol. The van der Waals surface area contributed by atoms with Crippen molar-refractivity contribution in [3.05, 3.63) is 35.4 Å². The molecular weight excluding hydrogens is 311 g/mol. The molecule has 4 nitrogen and oxygen atoms in total. The number of rotatable bonds is 4. The van der Waals surface area contributed by atoms with E-state index >= 15 is 0 Å². The van der Waals surface area contributed by atoms with Crippen molar-refractivity contribution >= 4 is 5.91 Å². The summed E-state index contributed by atoms with van der Waals surface area (Å²) in [6.07, 6.45) is -3.75. The lowest BCUT2D eigenvalue weighted by molar-refractivity contribution is -0.137. The summed E-state index contributed by atoms with van der Waals surface area (Å²) in [4.78, 5) is 13.5. The lowest BCUT2D eigenvalue weighted by Gasteiger charge is -2.38. The maximum Gasteiger partial charge on any atom is 0.416 e. The zero-order valence-electron chi connectivity index (χ0n) is 12.9. The molecule has 1 N–H and O–H groups in total. The third-order valence-electron chi connectivity index (χ3n) is 4.19. The normalized spacial score (nSPS) is 18.0. The molecule has 0 radical (unpaired) electrons. The van der Waals surface area contributed by atoms with Crippen molar-refractivity contribution in [2.45, 2.75) is 31.0 Å². The predicted molar refractivity (Wildman–Crippen MR) is 77.6 cm³/mol. The fraction of sp³-hybridized carbons (Fsp3) is 0.562. The second-order valence-corrected chi connectivity index (χ2v) is 5.73. The summed E-state index contributed by atoms with van der Waals surface area (Å²) in [6.45, 7) is 0.956. The number of carbonyl (C=O) groups is 1. The van der Waals surface area contributed by atoms with Gasteiger partial charge in [-0.05, 0) is 30.5 Å². The van der Waals surface area contributed by atoms with E-state index in [-0.39, 0.29) is 30.7 Å². The monoisotopic (exact) mass is 331 g/mol. The van der Waals surface area contributed by atoms with Crippen molar-refractivity contribution in [1.82, 2.24) is 4.90 Å². The van der Waals surface area contributed by atoms with Gasteiger partial charge in [-0.1, -0.05) is 12.1 Å². The Balaban J connectivity index is 2.06. The van der Waals surface area contributed by atoms with Crippen LogP contribution >= 0.6 is 0 Å². The molecule has 1 aliphatic rings. The van der Waals surface area contributed by atoms with E-state index in [1.807, 2.05) is 0 Å². The molecule has 1 saturated heterocycles. The SMILES string of the molecule is COCCC(=O)N1CCC(O)(c2cccc(C(F)(F)F)c2)CC1. The maximum absolute atomic E-state index is 12.8. The number of amides is 1. The van der Waals surface area contributed by atoms with Crippen molar-refractivity contribution < 1.29 is 27.8 Å². The summed E-state index contributed by atoms with van der Waals surface area (Å²) >= 11 is 0. The lowest BCUT2D eigenvalue weighted by Crippen LogP contribution is -2.45. The minimum absolute atomic E-state index is 0.0713. The van der Waals surface area contributed by atoms with Crippen molar-refractivity contribution in [2.24, 2.45) is 0 Å². The number of hydrogen-bond acceptors (Lipinski definition) is 3. The number of ether oxygens (including phenoxy) is 1. The van der Waals surface area contributed by atoms with E-state index in [1.165, 1.54) is 19.2 Å². The second kappa shape index (κ2) is 6.88. The number of benzene rings is 1. The quantitative estimate of drug-likeness (QED) is 0.922. The van der Waals surface area contributed by atoms with Gasteiger partial charge in [-0.2, -0.15) is 13.2 Å². The van der Waals surface area contributed by atoms with Crippen LogP contribution in [-0.2, 0) is 21.3 Å². The van der Waals surface area contributed by atoms with Crippen LogP contribution in [0, 0.1) is 0 Å². The molecule has 0 atom stereocenters. The summed E-state index contributed by atoms with van der Waals surface area (Å²) < 4.78 is 43.3. The Hall–Kier alpha value is -1.60. The van der Waals surface area contributed by atoms with E-state index in [1.54, 1.807) is 4.90 Å². The van der Waals surface area contributed by atoms with E-state index in [2.05, 4.69) is 0 Å². The zero-order valence-corrected chi connectivity index (χ0v) is 12.9. The maximum atomic E-state index is 12.8. The van der Waals surface area contributed by atoms with Gasteiger partial charge in [-0.25, -0.2) is 0 Å². The first kappa shape index (κ1) is 17.7. The molecule has 1 heterocycles. The number of halogens is 3. The molecule has 7 heteroatoms. The molecule has 0 aliphatic carbocycles. The number of methoxy groups -OCH3 is 1. The third-order valence-corrected chi connectivity index (χ3v) is 4.19. The van der Waals surface area contributed by atoms with Crippen LogP contribution < -0.4 is 0 Å². The lowest BCUT2D eigenvalue weighted by atomic mass is 9.83. The number of carbonyl (C=O) groups excluding carboxylic acids is 1. The molecule has 1 amide bonds. The van der Waals surface area contributed by atoms with Crippen LogP contribution in [-0.4, -0.2) is 42.7 Å². The van der Waals surface area contributed by atoms with Gasteiger partial charge in [-0.15, -0.1) is 0 Å². The van der Waals surface area contributed by atoms with Gasteiger partial charge < -0.3 is 14.7 Å². The van der Waals surface area contributed by atoms with Crippen LogP contribution in [0.25, 0.3) is 0 Å². The van der Waals surface area contributed by atoms with Crippen LogP contribution in [0.4, 0.5) is 13.2 Å². The van der Waals surface area contributed by atoms with Crippen LogP contribution in [0.15, 0.2) is 24.3 Å². The third kappa shape index (κ3) is 4.23. The highest BCUT2D eigenvalue weighted by molar-refractivity contribution is 5.76. The Kier molecular flexibility index (Phi) is 5.31. The van der Waals surface area contributed by atoms with E-state index in [0.29, 0.717) is 19.7 Å². The molecule has 1 aromatic rings. The Morgan fingerprint density at radius 1 is 1.35 bits per heavy atom. The fourth-order valence-corrected chi connectivity index (χ4v) is 2.75. The van der Waals surface area contributed by atoms with Gasteiger partial charge in [0.15, 0.2) is 0 Å². The first-order valence-electron chi connectivity index (χ1n) is 7.43. The Morgan fingerprint density at radius 3 is 2.57 bits per heavy atom. The van der Waals surface area contributed by atoms with Crippen LogP contribution in [0.1, 0.15) is 30.4 Å². The summed E-state index contributed by atoms with van der Waals surface area (Å²) in [6, 6.07) is 4.77. The molecule has 0 spiro atoms. The molecule has 2 rings (SSSR count). The molecule has 1 aromatic carbocycles. The first-order valence-corrected chi connectivity index (χ1v) is 7.43. The van der Waals surface area contributed by atoms with Gasteiger partial charge in [0.1, 0.15) is 0 Å². The van der Waals surface area contributed by atoms with Crippen molar-refractivity contribution in [2.75, 3.05) is 26.8 Å². The molecule has 1 aliphatic heterocycles. The number of hydrogen-bond donors (Lipinski definition) is 1. The Labute approximate surface area is 132 Å². The molecule has 1 fully saturated rings. The summed E-state index contributed by atoms with van der Waals surface area (Å²) in [5.74, 6) is -0.0713. The molecular formula is C16H20F3NO3. The standard InChI is InChI=1S/C16H20F3NO3/c1-23-10-5-14(21)20-8-6-15(22,7-9-20)12-3-2-4-13(11-12)16(17,18)19/h2-4,11,22H,5-10H2,1H3. The minimum Gasteiger partial charge on any atom is -0.385 e. The summed E-state index contributed by atoms with van der Waals surface area (Å²) in [7, 11) is 1.51. The van der Waals surface area contributed by atoms with Gasteiger partial charge in [0.2, 0.25) is 5.91 Å². The van der Waals surface area contributed by atoms with Gasteiger partial charge in [0.05, 0.1) is 24.2 Å². The number of aliphatic hydroxyl groups is 1. The number of likely N-dealkylation sites (tertiary alicyclic amines) is 1. The highest BCUT2D eigenvalue weighted by Crippen LogP contribution is 2.36. The largest absolute Gasteiger partial charge is 0.416 e. The molecule has 23 heavy (non-hydrogen) atoms. The van der Waals surface area contributed by atoms with Crippen LogP contribution in [0.5, 0.6) is 0 Å². The summed E-state index contributed by atoms with van der Waals surface area (Å²) in [5, 5.41) is 10.7. The topological polar surface area (TPSA) is 49.8 Å². The fourth-order valence-electron chi connectivity index (χ4n) is 2.75. The molecule has 0 saturated carbocycles. The summed E-state index contributed by atoms with van der Waals surface area (Å²) in [5.41, 5.74) is -1.86. The van der Waals surface area contributed by atoms with Crippen LogP contribution in [0.3, 0.4) is 0 Å². The molecule has 128 valence electrons. The minimum atomic E-state index is -4.44. The first-order chi connectivity index (χ1) is 10.8. The van der Waals surface area contributed by atoms with Gasteiger partial charge >= 0.3 is 6.18 Å². The second-order valence-electron chi connectivity index (χ2n) is 5.73. The highest BCUT2D eigenvalue weighted by Gasteiger charge is 2.37.